The summed E-state index contributed by atoms with van der Waals surface area (Å²) in [6.45, 7) is 8.52. The van der Waals surface area contributed by atoms with Crippen LogP contribution in [-0.4, -0.2) is 39.4 Å². The first-order valence-corrected chi connectivity index (χ1v) is 14.2. The minimum atomic E-state index is -0.725. The molecule has 0 radical (unpaired) electrons. The molecule has 0 heterocycles. The van der Waals surface area contributed by atoms with Crippen molar-refractivity contribution in [3.05, 3.63) is 11.6 Å². The number of fused-ring (bicyclic) bond motifs is 7. The van der Waals surface area contributed by atoms with Crippen molar-refractivity contribution in [1.82, 2.24) is 0 Å². The lowest BCUT2D eigenvalue weighted by Crippen LogP contribution is -2.59. The summed E-state index contributed by atoms with van der Waals surface area (Å²) in [5.74, 6) is 2.17. The number of esters is 1. The fourth-order valence-corrected chi connectivity index (χ4v) is 10.3. The molecular weight excluding hydrogens is 448 g/mol. The molecule has 188 valence electrons. The summed E-state index contributed by atoms with van der Waals surface area (Å²) < 4.78 is 5.32. The molecule has 6 heteroatoms. The number of rotatable bonds is 6. The molecule has 5 aliphatic carbocycles. The maximum absolute atomic E-state index is 12.3. The summed E-state index contributed by atoms with van der Waals surface area (Å²) in [7, 11) is 0. The summed E-state index contributed by atoms with van der Waals surface area (Å²) in [5, 5.41) is 12.5. The summed E-state index contributed by atoms with van der Waals surface area (Å²) in [6, 6.07) is 0. The van der Waals surface area contributed by atoms with Gasteiger partial charge in [0.2, 0.25) is 0 Å². The van der Waals surface area contributed by atoms with Crippen LogP contribution in [0.3, 0.4) is 0 Å². The van der Waals surface area contributed by atoms with Crippen LogP contribution in [0.15, 0.2) is 11.6 Å². The highest BCUT2D eigenvalue weighted by Crippen LogP contribution is 2.78. The molecule has 0 aromatic heterocycles. The predicted molar refractivity (Wildman–Crippen MR) is 132 cm³/mol. The average Bonchev–Trinajstić information content (AvgIpc) is 3.54. The minimum absolute atomic E-state index is 0.0349. The van der Waals surface area contributed by atoms with Crippen molar-refractivity contribution >= 4 is 28.6 Å². The van der Waals surface area contributed by atoms with Crippen LogP contribution in [0.4, 0.5) is 0 Å². The van der Waals surface area contributed by atoms with Crippen molar-refractivity contribution in [2.75, 3.05) is 6.61 Å². The van der Waals surface area contributed by atoms with Gasteiger partial charge in [0.05, 0.1) is 12.2 Å². The van der Waals surface area contributed by atoms with Crippen molar-refractivity contribution in [3.63, 3.8) is 0 Å². The van der Waals surface area contributed by atoms with Crippen LogP contribution in [0.2, 0.25) is 0 Å². The van der Waals surface area contributed by atoms with Gasteiger partial charge in [0.1, 0.15) is 0 Å². The van der Waals surface area contributed by atoms with E-state index in [1.165, 1.54) is 17.3 Å². The van der Waals surface area contributed by atoms with Gasteiger partial charge in [0.15, 0.2) is 10.9 Å². The third-order valence-corrected chi connectivity index (χ3v) is 11.8. The van der Waals surface area contributed by atoms with E-state index in [0.717, 1.165) is 32.1 Å². The normalized spacial score (nSPS) is 46.5. The minimum Gasteiger partial charge on any atom is -0.466 e. The number of hydrogen-bond acceptors (Lipinski definition) is 6. The zero-order valence-corrected chi connectivity index (χ0v) is 21.9. The molecule has 0 saturated heterocycles. The van der Waals surface area contributed by atoms with E-state index in [2.05, 4.69) is 13.8 Å². The SMILES string of the molecule is CCC(=O)OCCC[C@]1(O)[C@H]2C[C@H]2[C@H]2[C@@H]3[C@H](SC(C)=O)CC4=CC(=O)CC[C@]4(C)[C@H]3CC[C@@]21C. The maximum Gasteiger partial charge on any atom is 0.305 e. The number of ether oxygens (including phenoxy) is 1. The Kier molecular flexibility index (Phi) is 6.11. The van der Waals surface area contributed by atoms with Crippen LogP contribution < -0.4 is 0 Å². The van der Waals surface area contributed by atoms with Crippen LogP contribution in [0.1, 0.15) is 85.5 Å². The number of allylic oxidation sites excluding steroid dienone is 1. The van der Waals surface area contributed by atoms with E-state index < -0.39 is 5.60 Å². The molecule has 5 nitrogen and oxygen atoms in total. The van der Waals surface area contributed by atoms with Crippen molar-refractivity contribution in [2.24, 2.45) is 40.4 Å². The Balaban J connectivity index is 1.44. The maximum atomic E-state index is 12.3. The lowest BCUT2D eigenvalue weighted by atomic mass is 9.45. The largest absolute Gasteiger partial charge is 0.466 e. The summed E-state index contributed by atoms with van der Waals surface area (Å²) in [6.07, 6.45) is 9.14. The highest BCUT2D eigenvalue weighted by molar-refractivity contribution is 8.14. The second-order valence-electron chi connectivity index (χ2n) is 12.2. The molecule has 0 amide bonds. The lowest BCUT2D eigenvalue weighted by molar-refractivity contribution is -0.155. The predicted octanol–water partition coefficient (Wildman–Crippen LogP) is 5.10. The number of hydrogen-bond donors (Lipinski definition) is 1. The van der Waals surface area contributed by atoms with Gasteiger partial charge >= 0.3 is 5.97 Å². The molecular formula is C28H40O5S. The van der Waals surface area contributed by atoms with E-state index in [9.17, 15) is 19.5 Å². The number of ketones is 1. The van der Waals surface area contributed by atoms with E-state index >= 15 is 0 Å². The average molecular weight is 489 g/mol. The molecule has 0 aliphatic heterocycles. The van der Waals surface area contributed by atoms with Gasteiger partial charge in [-0.3, -0.25) is 14.4 Å². The van der Waals surface area contributed by atoms with Crippen molar-refractivity contribution in [2.45, 2.75) is 96.3 Å². The molecule has 5 aliphatic rings. The highest BCUT2D eigenvalue weighted by atomic mass is 32.2. The number of thioether (sulfide) groups is 1. The van der Waals surface area contributed by atoms with Gasteiger partial charge in [-0.25, -0.2) is 0 Å². The second-order valence-corrected chi connectivity index (χ2v) is 13.6. The molecule has 1 N–H and O–H groups in total. The van der Waals surface area contributed by atoms with Gasteiger partial charge in [0, 0.05) is 30.4 Å². The Labute approximate surface area is 207 Å². The second kappa shape index (κ2) is 8.47. The van der Waals surface area contributed by atoms with E-state index in [-0.39, 0.29) is 32.9 Å². The topological polar surface area (TPSA) is 80.7 Å². The first kappa shape index (κ1) is 24.5. The van der Waals surface area contributed by atoms with Gasteiger partial charge < -0.3 is 9.84 Å². The van der Waals surface area contributed by atoms with Crippen molar-refractivity contribution < 1.29 is 24.2 Å². The molecule has 9 atom stereocenters. The molecule has 5 rings (SSSR count). The van der Waals surface area contributed by atoms with Crippen LogP contribution >= 0.6 is 11.8 Å². The molecule has 4 fully saturated rings. The Bertz CT molecular complexity index is 928. The Morgan fingerprint density at radius 2 is 2.00 bits per heavy atom. The monoisotopic (exact) mass is 488 g/mol. The van der Waals surface area contributed by atoms with Gasteiger partial charge in [0.25, 0.3) is 0 Å². The van der Waals surface area contributed by atoms with Crippen LogP contribution in [0.5, 0.6) is 0 Å². The summed E-state index contributed by atoms with van der Waals surface area (Å²) in [5.41, 5.74) is 0.406. The Morgan fingerprint density at radius 1 is 1.24 bits per heavy atom. The molecule has 0 aromatic carbocycles. The van der Waals surface area contributed by atoms with Crippen LogP contribution in [-0.2, 0) is 19.1 Å². The fraction of sp³-hybridized carbons (Fsp3) is 0.821. The van der Waals surface area contributed by atoms with Gasteiger partial charge in [-0.15, -0.1) is 0 Å². The molecule has 34 heavy (non-hydrogen) atoms. The fourth-order valence-electron chi connectivity index (χ4n) is 9.05. The molecule has 0 bridgehead atoms. The number of carbonyl (C=O) groups excluding carboxylic acids is 3. The molecule has 0 unspecified atom stereocenters. The van der Waals surface area contributed by atoms with Gasteiger partial charge in [-0.1, -0.05) is 38.1 Å². The quantitative estimate of drug-likeness (QED) is 0.414. The van der Waals surface area contributed by atoms with Gasteiger partial charge in [-0.05, 0) is 86.0 Å². The van der Waals surface area contributed by atoms with E-state index in [1.807, 2.05) is 6.08 Å². The first-order chi connectivity index (χ1) is 16.0. The van der Waals surface area contributed by atoms with Gasteiger partial charge in [-0.2, -0.15) is 0 Å². The molecule has 0 spiro atoms. The van der Waals surface area contributed by atoms with E-state index in [0.29, 0.717) is 61.9 Å². The van der Waals surface area contributed by atoms with Crippen molar-refractivity contribution in [1.29, 1.82) is 0 Å². The smallest absolute Gasteiger partial charge is 0.305 e. The third kappa shape index (κ3) is 3.56. The highest BCUT2D eigenvalue weighted by Gasteiger charge is 2.76. The summed E-state index contributed by atoms with van der Waals surface area (Å²) >= 11 is 1.48. The number of aliphatic hydroxyl groups is 1. The molecule has 0 aromatic rings. The molecule has 4 saturated carbocycles. The van der Waals surface area contributed by atoms with E-state index in [1.54, 1.807) is 13.8 Å². The zero-order chi connectivity index (χ0) is 24.5. The standard InChI is InChI=1S/C28H40O5S/c1-5-23(31)33-12-6-9-28(32)21-15-19(21)25-24-20(8-11-27(25,28)4)26(3)10-7-18(30)13-17(26)14-22(24)34-16(2)29/h13,19-22,24-25,32H,5-12,14-15H2,1-4H3/t19-,20+,21+,22-,24+,25+,26+,27+,28+/m1/s1. The van der Waals surface area contributed by atoms with Crippen LogP contribution in [0, 0.1) is 40.4 Å². The zero-order valence-electron chi connectivity index (χ0n) is 21.1. The third-order valence-electron chi connectivity index (χ3n) is 10.7. The Morgan fingerprint density at radius 3 is 2.71 bits per heavy atom. The Hall–Kier alpha value is -1.14. The first-order valence-electron chi connectivity index (χ1n) is 13.3. The van der Waals surface area contributed by atoms with Crippen molar-refractivity contribution in [3.8, 4) is 0 Å². The van der Waals surface area contributed by atoms with E-state index in [4.69, 9.17) is 4.74 Å². The number of carbonyl (C=O) groups is 3. The van der Waals surface area contributed by atoms with Crippen LogP contribution in [0.25, 0.3) is 0 Å². The summed E-state index contributed by atoms with van der Waals surface area (Å²) in [4.78, 5) is 36.2. The lowest BCUT2D eigenvalue weighted by Gasteiger charge is -2.62.